The molecule has 110 valence electrons. The van der Waals surface area contributed by atoms with Crippen molar-refractivity contribution in [1.82, 2.24) is 10.5 Å². The van der Waals surface area contributed by atoms with Crippen LogP contribution in [0, 0.1) is 0 Å². The number of carbonyl (C=O) groups excluding carboxylic acids is 1. The zero-order chi connectivity index (χ0) is 14.7. The summed E-state index contributed by atoms with van der Waals surface area (Å²) in [4.78, 5) is 12.2. The van der Waals surface area contributed by atoms with Crippen molar-refractivity contribution in [1.29, 1.82) is 0 Å². The Bertz CT molecular complexity index is 609. The largest absolute Gasteiger partial charge is 0.391 e. The highest BCUT2D eigenvalue weighted by Crippen LogP contribution is 2.21. The van der Waals surface area contributed by atoms with Gasteiger partial charge in [-0.15, -0.1) is 0 Å². The highest BCUT2D eigenvalue weighted by molar-refractivity contribution is 5.93. The summed E-state index contributed by atoms with van der Waals surface area (Å²) in [5.74, 6) is 0.261. The van der Waals surface area contributed by atoms with Gasteiger partial charge in [0.2, 0.25) is 0 Å². The molecule has 1 heterocycles. The second-order valence-corrected chi connectivity index (χ2v) is 5.37. The third kappa shape index (κ3) is 3.13. The number of hydrogen-bond donors (Lipinski definition) is 2. The molecule has 1 aromatic carbocycles. The van der Waals surface area contributed by atoms with Gasteiger partial charge in [0.25, 0.3) is 5.91 Å². The summed E-state index contributed by atoms with van der Waals surface area (Å²) in [6.45, 7) is 0. The molecule has 1 amide bonds. The molecule has 21 heavy (non-hydrogen) atoms. The molecule has 5 nitrogen and oxygen atoms in total. The fraction of sp³-hybridized carbons (Fsp3) is 0.375. The molecule has 2 unspecified atom stereocenters. The maximum absolute atomic E-state index is 12.2. The van der Waals surface area contributed by atoms with Crippen LogP contribution in [0.15, 0.2) is 40.9 Å². The van der Waals surface area contributed by atoms with Crippen LogP contribution >= 0.6 is 0 Å². The van der Waals surface area contributed by atoms with Gasteiger partial charge in [0.05, 0.1) is 12.1 Å². The molecule has 3 rings (SSSR count). The lowest BCUT2D eigenvalue weighted by Gasteiger charge is -2.27. The van der Waals surface area contributed by atoms with Gasteiger partial charge in [-0.25, -0.2) is 0 Å². The van der Waals surface area contributed by atoms with E-state index in [2.05, 4.69) is 10.5 Å². The van der Waals surface area contributed by atoms with Gasteiger partial charge in [0.1, 0.15) is 0 Å². The Morgan fingerprint density at radius 1 is 1.24 bits per heavy atom. The number of aliphatic hydroxyl groups excluding tert-OH is 1. The average molecular weight is 286 g/mol. The molecular formula is C16H18N2O3. The Hall–Kier alpha value is -2.14. The van der Waals surface area contributed by atoms with E-state index < -0.39 is 6.10 Å². The molecule has 2 atom stereocenters. The van der Waals surface area contributed by atoms with Gasteiger partial charge in [-0.05, 0) is 12.8 Å². The van der Waals surface area contributed by atoms with E-state index in [4.69, 9.17) is 4.52 Å². The summed E-state index contributed by atoms with van der Waals surface area (Å²) < 4.78 is 5.21. The molecule has 1 saturated carbocycles. The molecule has 1 fully saturated rings. The number of hydrogen-bond acceptors (Lipinski definition) is 4. The number of amides is 1. The van der Waals surface area contributed by atoms with E-state index >= 15 is 0 Å². The van der Waals surface area contributed by atoms with E-state index in [1.807, 2.05) is 30.3 Å². The third-order valence-corrected chi connectivity index (χ3v) is 3.85. The van der Waals surface area contributed by atoms with Crippen LogP contribution in [0.5, 0.6) is 0 Å². The molecular weight excluding hydrogens is 268 g/mol. The van der Waals surface area contributed by atoms with Crippen molar-refractivity contribution in [2.45, 2.75) is 37.8 Å². The van der Waals surface area contributed by atoms with Crippen LogP contribution < -0.4 is 5.32 Å². The zero-order valence-electron chi connectivity index (χ0n) is 11.7. The number of aromatic nitrogens is 1. The number of carbonyl (C=O) groups is 1. The Morgan fingerprint density at radius 3 is 2.76 bits per heavy atom. The first-order valence-corrected chi connectivity index (χ1v) is 7.25. The number of aliphatic hydroxyl groups is 1. The second kappa shape index (κ2) is 6.10. The van der Waals surface area contributed by atoms with E-state index in [-0.39, 0.29) is 17.6 Å². The van der Waals surface area contributed by atoms with Crippen molar-refractivity contribution in [2.24, 2.45) is 0 Å². The average Bonchev–Trinajstić information content (AvgIpc) is 3.00. The normalized spacial score (nSPS) is 22.0. The summed E-state index contributed by atoms with van der Waals surface area (Å²) in [6, 6.07) is 10.9. The maximum atomic E-state index is 12.2. The Kier molecular flexibility index (Phi) is 4.01. The van der Waals surface area contributed by atoms with Gasteiger partial charge in [-0.1, -0.05) is 48.3 Å². The smallest absolute Gasteiger partial charge is 0.273 e. The Morgan fingerprint density at radius 2 is 2.00 bits per heavy atom. The topological polar surface area (TPSA) is 75.4 Å². The van der Waals surface area contributed by atoms with Crippen molar-refractivity contribution in [3.63, 3.8) is 0 Å². The lowest BCUT2D eigenvalue weighted by Crippen LogP contribution is -2.45. The van der Waals surface area contributed by atoms with Crippen LogP contribution in [0.3, 0.4) is 0 Å². The summed E-state index contributed by atoms with van der Waals surface area (Å²) in [5, 5.41) is 16.5. The van der Waals surface area contributed by atoms with Gasteiger partial charge < -0.3 is 14.9 Å². The zero-order valence-corrected chi connectivity index (χ0v) is 11.7. The number of nitrogens with one attached hydrogen (secondary N) is 1. The van der Waals surface area contributed by atoms with E-state index in [0.29, 0.717) is 5.76 Å². The minimum absolute atomic E-state index is 0.192. The van der Waals surface area contributed by atoms with Gasteiger partial charge in [0.15, 0.2) is 11.5 Å². The summed E-state index contributed by atoms with van der Waals surface area (Å²) in [6.07, 6.45) is 3.10. The van der Waals surface area contributed by atoms with Crippen LogP contribution in [0.1, 0.15) is 36.2 Å². The number of rotatable bonds is 3. The fourth-order valence-corrected chi connectivity index (χ4v) is 2.64. The third-order valence-electron chi connectivity index (χ3n) is 3.85. The van der Waals surface area contributed by atoms with Crippen molar-refractivity contribution < 1.29 is 14.4 Å². The van der Waals surface area contributed by atoms with E-state index in [9.17, 15) is 9.90 Å². The highest BCUT2D eigenvalue weighted by Gasteiger charge is 2.26. The lowest BCUT2D eigenvalue weighted by atomic mass is 9.92. The molecule has 0 spiro atoms. The Balaban J connectivity index is 1.69. The SMILES string of the molecule is O=C(NC1CCCCC1O)c1cc(-c2ccccc2)on1. The van der Waals surface area contributed by atoms with Crippen molar-refractivity contribution >= 4 is 5.91 Å². The molecule has 2 N–H and O–H groups in total. The molecule has 0 aliphatic heterocycles. The van der Waals surface area contributed by atoms with Gasteiger partial charge >= 0.3 is 0 Å². The van der Waals surface area contributed by atoms with Crippen LogP contribution in [-0.4, -0.2) is 28.3 Å². The van der Waals surface area contributed by atoms with Crippen LogP contribution in [0.25, 0.3) is 11.3 Å². The maximum Gasteiger partial charge on any atom is 0.273 e. The minimum atomic E-state index is -0.469. The molecule has 5 heteroatoms. The Labute approximate surface area is 123 Å². The van der Waals surface area contributed by atoms with Crippen molar-refractivity contribution in [2.75, 3.05) is 0 Å². The first kappa shape index (κ1) is 13.8. The molecule has 0 bridgehead atoms. The van der Waals surface area contributed by atoms with Crippen molar-refractivity contribution in [3.05, 3.63) is 42.1 Å². The quantitative estimate of drug-likeness (QED) is 0.908. The summed E-state index contributed by atoms with van der Waals surface area (Å²) >= 11 is 0. The molecule has 1 aliphatic carbocycles. The second-order valence-electron chi connectivity index (χ2n) is 5.37. The van der Waals surface area contributed by atoms with E-state index in [0.717, 1.165) is 31.2 Å². The van der Waals surface area contributed by atoms with Crippen molar-refractivity contribution in [3.8, 4) is 11.3 Å². The predicted molar refractivity (Wildman–Crippen MR) is 77.7 cm³/mol. The van der Waals surface area contributed by atoms with Crippen LogP contribution in [0.2, 0.25) is 0 Å². The van der Waals surface area contributed by atoms with E-state index in [1.54, 1.807) is 6.07 Å². The molecule has 1 aliphatic rings. The van der Waals surface area contributed by atoms with Gasteiger partial charge in [-0.2, -0.15) is 0 Å². The standard InChI is InChI=1S/C16H18N2O3/c19-14-9-5-4-8-12(14)17-16(20)13-10-15(21-18-13)11-6-2-1-3-7-11/h1-3,6-7,10,12,14,19H,4-5,8-9H2,(H,17,20). The number of benzene rings is 1. The van der Waals surface area contributed by atoms with E-state index in [1.165, 1.54) is 0 Å². The molecule has 1 aromatic heterocycles. The highest BCUT2D eigenvalue weighted by atomic mass is 16.5. The minimum Gasteiger partial charge on any atom is -0.391 e. The first-order valence-electron chi connectivity index (χ1n) is 7.25. The fourth-order valence-electron chi connectivity index (χ4n) is 2.64. The van der Waals surface area contributed by atoms with Gasteiger partial charge in [-0.3, -0.25) is 4.79 Å². The molecule has 0 radical (unpaired) electrons. The molecule has 2 aromatic rings. The predicted octanol–water partition coefficient (Wildman–Crippen LogP) is 2.37. The number of nitrogens with zero attached hydrogens (tertiary/aromatic N) is 1. The van der Waals surface area contributed by atoms with Crippen LogP contribution in [0.4, 0.5) is 0 Å². The van der Waals surface area contributed by atoms with Crippen LogP contribution in [-0.2, 0) is 0 Å². The lowest BCUT2D eigenvalue weighted by molar-refractivity contribution is 0.0711. The summed E-state index contributed by atoms with van der Waals surface area (Å²) in [5.41, 5.74) is 1.12. The van der Waals surface area contributed by atoms with Gasteiger partial charge in [0, 0.05) is 11.6 Å². The summed E-state index contributed by atoms with van der Waals surface area (Å²) in [7, 11) is 0. The first-order chi connectivity index (χ1) is 10.2. The molecule has 0 saturated heterocycles. The monoisotopic (exact) mass is 286 g/mol.